The molecule has 0 spiro atoms. The van der Waals surface area contributed by atoms with Crippen molar-refractivity contribution in [3.8, 4) is 0 Å². The van der Waals surface area contributed by atoms with Crippen LogP contribution in [0.4, 0.5) is 0 Å². The minimum absolute atomic E-state index is 0.131. The van der Waals surface area contributed by atoms with E-state index in [0.29, 0.717) is 0 Å². The van der Waals surface area contributed by atoms with Gasteiger partial charge in [-0.1, -0.05) is 71.9 Å². The Balaban J connectivity index is 2.97. The standard InChI is InChI=1S/C16H23O2PS2/c1-15(2,3)13(17)20-19(12-10-8-7-9-11-12)21-14(18)16(4,5)6/h7-11H,1-6H3. The van der Waals surface area contributed by atoms with Gasteiger partial charge in [0.1, 0.15) is 0 Å². The Kier molecular flexibility index (Phi) is 6.52. The van der Waals surface area contributed by atoms with E-state index in [2.05, 4.69) is 0 Å². The third-order valence-corrected chi connectivity index (χ3v) is 9.73. The molecule has 0 aliphatic heterocycles. The van der Waals surface area contributed by atoms with Crippen molar-refractivity contribution in [3.05, 3.63) is 30.3 Å². The van der Waals surface area contributed by atoms with Crippen LogP contribution in [0.5, 0.6) is 0 Å². The van der Waals surface area contributed by atoms with E-state index in [9.17, 15) is 9.59 Å². The number of hydrogen-bond acceptors (Lipinski definition) is 4. The van der Waals surface area contributed by atoms with Gasteiger partial charge in [0, 0.05) is 10.8 Å². The monoisotopic (exact) mass is 342 g/mol. The molecule has 0 N–H and O–H groups in total. The molecule has 116 valence electrons. The fourth-order valence-corrected chi connectivity index (χ4v) is 8.19. The predicted molar refractivity (Wildman–Crippen MR) is 97.1 cm³/mol. The summed E-state index contributed by atoms with van der Waals surface area (Å²) in [6.07, 6.45) is -0.929. The zero-order valence-corrected chi connectivity index (χ0v) is 16.0. The fraction of sp³-hybridized carbons (Fsp3) is 0.500. The van der Waals surface area contributed by atoms with Crippen molar-refractivity contribution < 1.29 is 9.59 Å². The molecule has 1 aromatic rings. The summed E-state index contributed by atoms with van der Waals surface area (Å²) in [5.74, 6) is 0. The molecule has 1 rings (SSSR count). The minimum atomic E-state index is -0.929. The van der Waals surface area contributed by atoms with Crippen LogP contribution in [0.1, 0.15) is 41.5 Å². The van der Waals surface area contributed by atoms with Gasteiger partial charge in [0.2, 0.25) is 0 Å². The second-order valence-corrected chi connectivity index (χ2v) is 13.0. The summed E-state index contributed by atoms with van der Waals surface area (Å²) in [5.41, 5.74) is -0.795. The first-order chi connectivity index (χ1) is 9.51. The van der Waals surface area contributed by atoms with Crippen molar-refractivity contribution in [3.63, 3.8) is 0 Å². The zero-order valence-electron chi connectivity index (χ0n) is 13.5. The molecule has 0 heterocycles. The van der Waals surface area contributed by atoms with Crippen LogP contribution in [0, 0.1) is 10.8 Å². The largest absolute Gasteiger partial charge is 0.286 e. The smallest absolute Gasteiger partial charge is 0.199 e. The highest BCUT2D eigenvalue weighted by Crippen LogP contribution is 2.62. The first-order valence-corrected chi connectivity index (χ1v) is 11.0. The summed E-state index contributed by atoms with van der Waals surface area (Å²) in [7, 11) is 0. The number of carbonyl (C=O) groups excluding carboxylic acids is 2. The van der Waals surface area contributed by atoms with E-state index in [1.165, 1.54) is 22.8 Å². The van der Waals surface area contributed by atoms with E-state index in [1.807, 2.05) is 71.9 Å². The molecule has 0 unspecified atom stereocenters. The van der Waals surface area contributed by atoms with Crippen LogP contribution in [0.25, 0.3) is 0 Å². The molecule has 0 atom stereocenters. The normalized spacial score (nSPS) is 12.5. The minimum Gasteiger partial charge on any atom is -0.286 e. The highest BCUT2D eigenvalue weighted by Gasteiger charge is 2.31. The third kappa shape index (κ3) is 6.14. The Labute approximate surface area is 137 Å². The Hall–Kier alpha value is -0.310. The average Bonchev–Trinajstić information content (AvgIpc) is 2.36. The quantitative estimate of drug-likeness (QED) is 0.704. The Bertz CT molecular complexity index is 473. The van der Waals surface area contributed by atoms with Crippen molar-refractivity contribution in [2.75, 3.05) is 0 Å². The molecule has 0 radical (unpaired) electrons. The molecule has 0 saturated carbocycles. The van der Waals surface area contributed by atoms with Crippen molar-refractivity contribution in [1.29, 1.82) is 0 Å². The molecule has 0 fully saturated rings. The van der Waals surface area contributed by atoms with E-state index < -0.39 is 17.2 Å². The molecular weight excluding hydrogens is 319 g/mol. The van der Waals surface area contributed by atoms with Crippen molar-refractivity contribution >= 4 is 44.6 Å². The van der Waals surface area contributed by atoms with Crippen LogP contribution in [0.3, 0.4) is 0 Å². The average molecular weight is 342 g/mol. The molecule has 21 heavy (non-hydrogen) atoms. The van der Waals surface area contributed by atoms with Gasteiger partial charge in [0.15, 0.2) is 10.2 Å². The lowest BCUT2D eigenvalue weighted by molar-refractivity contribution is -0.117. The van der Waals surface area contributed by atoms with Gasteiger partial charge in [0.25, 0.3) is 0 Å². The summed E-state index contributed by atoms with van der Waals surface area (Å²) in [6, 6.07) is 9.85. The van der Waals surface area contributed by atoms with Gasteiger partial charge in [-0.25, -0.2) is 0 Å². The fourth-order valence-electron chi connectivity index (χ4n) is 1.10. The van der Waals surface area contributed by atoms with E-state index in [1.54, 1.807) is 0 Å². The van der Waals surface area contributed by atoms with Gasteiger partial charge < -0.3 is 0 Å². The van der Waals surface area contributed by atoms with Crippen molar-refractivity contribution in [1.82, 2.24) is 0 Å². The number of hydrogen-bond donors (Lipinski definition) is 0. The van der Waals surface area contributed by atoms with Gasteiger partial charge >= 0.3 is 0 Å². The lowest BCUT2D eigenvalue weighted by atomic mass is 10.00. The molecule has 2 nitrogen and oxygen atoms in total. The first kappa shape index (κ1) is 18.7. The third-order valence-electron chi connectivity index (χ3n) is 2.52. The molecule has 0 bridgehead atoms. The van der Waals surface area contributed by atoms with Gasteiger partial charge in [0.05, 0.1) is 6.33 Å². The molecule has 0 aliphatic carbocycles. The van der Waals surface area contributed by atoms with Gasteiger partial charge in [-0.05, 0) is 28.1 Å². The SMILES string of the molecule is CC(C)(C)C(=O)SP(SC(=O)C(C)(C)C)c1ccccc1. The van der Waals surface area contributed by atoms with Crippen molar-refractivity contribution in [2.45, 2.75) is 41.5 Å². The highest BCUT2D eigenvalue weighted by molar-refractivity contribution is 8.96. The lowest BCUT2D eigenvalue weighted by Crippen LogP contribution is -2.18. The van der Waals surface area contributed by atoms with Gasteiger partial charge in [-0.2, -0.15) is 0 Å². The van der Waals surface area contributed by atoms with E-state index in [-0.39, 0.29) is 10.2 Å². The second-order valence-electron chi connectivity index (χ2n) is 6.85. The first-order valence-electron chi connectivity index (χ1n) is 6.82. The summed E-state index contributed by atoms with van der Waals surface area (Å²) < 4.78 is 0. The Morgan fingerprint density at radius 2 is 1.19 bits per heavy atom. The van der Waals surface area contributed by atoms with Crippen LogP contribution >= 0.6 is 29.1 Å². The van der Waals surface area contributed by atoms with Crippen LogP contribution in [0.2, 0.25) is 0 Å². The number of carbonyl (C=O) groups is 2. The van der Waals surface area contributed by atoms with Crippen LogP contribution in [0.15, 0.2) is 30.3 Å². The van der Waals surface area contributed by atoms with Crippen LogP contribution in [-0.2, 0) is 9.59 Å². The van der Waals surface area contributed by atoms with E-state index in [0.717, 1.165) is 5.30 Å². The molecule has 5 heteroatoms. The maximum atomic E-state index is 12.3. The maximum absolute atomic E-state index is 12.3. The number of rotatable bonds is 3. The molecule has 0 aliphatic rings. The molecule has 1 aromatic carbocycles. The lowest BCUT2D eigenvalue weighted by Gasteiger charge is -2.23. The Morgan fingerprint density at radius 3 is 1.52 bits per heavy atom. The maximum Gasteiger partial charge on any atom is 0.199 e. The molecule has 0 amide bonds. The summed E-state index contributed by atoms with van der Waals surface area (Å²) in [6.45, 7) is 11.5. The second kappa shape index (κ2) is 7.30. The Morgan fingerprint density at radius 1 is 0.810 bits per heavy atom. The zero-order chi connectivity index (χ0) is 16.3. The van der Waals surface area contributed by atoms with Gasteiger partial charge in [-0.15, -0.1) is 0 Å². The van der Waals surface area contributed by atoms with Gasteiger partial charge in [-0.3, -0.25) is 9.59 Å². The van der Waals surface area contributed by atoms with Crippen LogP contribution in [-0.4, -0.2) is 10.2 Å². The number of benzene rings is 1. The summed E-state index contributed by atoms with van der Waals surface area (Å²) >= 11 is 2.63. The van der Waals surface area contributed by atoms with E-state index >= 15 is 0 Å². The predicted octanol–water partition coefficient (Wildman–Crippen LogP) is 5.24. The van der Waals surface area contributed by atoms with Crippen molar-refractivity contribution in [2.24, 2.45) is 10.8 Å². The molecule has 0 saturated heterocycles. The highest BCUT2D eigenvalue weighted by atomic mass is 33.1. The molecular formula is C16H23O2PS2. The summed E-state index contributed by atoms with van der Waals surface area (Å²) in [5, 5.41) is 1.33. The summed E-state index contributed by atoms with van der Waals surface area (Å²) in [4.78, 5) is 24.7. The van der Waals surface area contributed by atoms with Crippen LogP contribution < -0.4 is 5.30 Å². The van der Waals surface area contributed by atoms with E-state index in [4.69, 9.17) is 0 Å². The topological polar surface area (TPSA) is 34.1 Å². The molecule has 0 aromatic heterocycles.